The molecule has 0 saturated carbocycles. The average molecular weight is 292 g/mol. The Hall–Kier alpha value is -3.06. The molecule has 2 rings (SSSR count). The number of benzene rings is 1. The third-order valence-corrected chi connectivity index (χ3v) is 3.23. The molecular weight excluding hydrogens is 276 g/mol. The molecule has 0 atom stereocenters. The Morgan fingerprint density at radius 2 is 2.09 bits per heavy atom. The van der Waals surface area contributed by atoms with Crippen molar-refractivity contribution in [1.29, 1.82) is 5.26 Å². The van der Waals surface area contributed by atoms with Gasteiger partial charge < -0.3 is 10.5 Å². The number of ether oxygens (including phenoxy) is 1. The monoisotopic (exact) mass is 292 g/mol. The number of primary amides is 1. The quantitative estimate of drug-likeness (QED) is 0.686. The third-order valence-electron chi connectivity index (χ3n) is 3.23. The van der Waals surface area contributed by atoms with Crippen LogP contribution in [0.4, 0.5) is 0 Å². The standard InChI is InChI=1S/C18H16N2O2/c1-4-7-15-16(11(2)3)17(13(10-19)18(20)21)12-8-5-6-9-14(12)22-15/h4-9H,2H2,1,3H3,(H2,20,21)/b7-4-,17-13-. The molecule has 0 radical (unpaired) electrons. The fraction of sp³-hybridized carbons (Fsp3) is 0.111. The van der Waals surface area contributed by atoms with Crippen molar-refractivity contribution in [3.8, 4) is 11.8 Å². The number of amides is 1. The van der Waals surface area contributed by atoms with Crippen molar-refractivity contribution in [2.45, 2.75) is 13.8 Å². The first-order valence-corrected chi connectivity index (χ1v) is 6.75. The van der Waals surface area contributed by atoms with E-state index in [1.165, 1.54) is 0 Å². The van der Waals surface area contributed by atoms with Gasteiger partial charge >= 0.3 is 0 Å². The maximum Gasteiger partial charge on any atom is 0.260 e. The Kier molecular flexibility index (Phi) is 4.28. The number of carbonyl (C=O) groups is 1. The molecule has 1 aliphatic rings. The largest absolute Gasteiger partial charge is 0.456 e. The van der Waals surface area contributed by atoms with Crippen LogP contribution in [0.3, 0.4) is 0 Å². The molecule has 1 aromatic carbocycles. The van der Waals surface area contributed by atoms with Crippen molar-refractivity contribution < 1.29 is 9.53 Å². The molecule has 2 N–H and O–H groups in total. The summed E-state index contributed by atoms with van der Waals surface area (Å²) in [7, 11) is 0. The molecular formula is C18H16N2O2. The van der Waals surface area contributed by atoms with Crippen molar-refractivity contribution in [1.82, 2.24) is 0 Å². The van der Waals surface area contributed by atoms with Crippen molar-refractivity contribution in [3.05, 3.63) is 71.0 Å². The number of para-hydroxylation sites is 1. The van der Waals surface area contributed by atoms with Gasteiger partial charge in [0.1, 0.15) is 23.2 Å². The predicted octanol–water partition coefficient (Wildman–Crippen LogP) is 3.25. The Balaban J connectivity index is 2.93. The van der Waals surface area contributed by atoms with Gasteiger partial charge in [-0.25, -0.2) is 0 Å². The van der Waals surface area contributed by atoms with Crippen LogP contribution in [0, 0.1) is 11.3 Å². The fourth-order valence-corrected chi connectivity index (χ4v) is 2.38. The Morgan fingerprint density at radius 1 is 1.41 bits per heavy atom. The number of hydrogen-bond donors (Lipinski definition) is 1. The highest BCUT2D eigenvalue weighted by Gasteiger charge is 2.28. The van der Waals surface area contributed by atoms with Crippen LogP contribution in [0.5, 0.6) is 5.75 Å². The lowest BCUT2D eigenvalue weighted by molar-refractivity contribution is -0.114. The predicted molar refractivity (Wildman–Crippen MR) is 85.5 cm³/mol. The molecule has 22 heavy (non-hydrogen) atoms. The van der Waals surface area contributed by atoms with Gasteiger partial charge in [-0.05, 0) is 31.6 Å². The Morgan fingerprint density at radius 3 is 2.64 bits per heavy atom. The summed E-state index contributed by atoms with van der Waals surface area (Å²) in [5.74, 6) is 0.343. The maximum absolute atomic E-state index is 11.7. The van der Waals surface area contributed by atoms with E-state index in [1.807, 2.05) is 31.2 Å². The van der Waals surface area contributed by atoms with E-state index in [2.05, 4.69) is 6.58 Å². The smallest absolute Gasteiger partial charge is 0.260 e. The van der Waals surface area contributed by atoms with E-state index in [4.69, 9.17) is 10.5 Å². The molecule has 0 fully saturated rings. The van der Waals surface area contributed by atoms with E-state index in [0.717, 1.165) is 0 Å². The zero-order valence-electron chi connectivity index (χ0n) is 12.5. The average Bonchev–Trinajstić information content (AvgIpc) is 2.47. The number of rotatable bonds is 3. The highest BCUT2D eigenvalue weighted by Crippen LogP contribution is 2.42. The van der Waals surface area contributed by atoms with E-state index in [1.54, 1.807) is 25.1 Å². The lowest BCUT2D eigenvalue weighted by Gasteiger charge is -2.25. The molecule has 4 heteroatoms. The minimum atomic E-state index is -0.771. The van der Waals surface area contributed by atoms with Crippen LogP contribution < -0.4 is 10.5 Å². The lowest BCUT2D eigenvalue weighted by atomic mass is 9.86. The first kappa shape index (κ1) is 15.3. The molecule has 1 aliphatic heterocycles. The van der Waals surface area contributed by atoms with Gasteiger partial charge in [-0.2, -0.15) is 5.26 Å². The van der Waals surface area contributed by atoms with Crippen LogP contribution in [0.2, 0.25) is 0 Å². The minimum absolute atomic E-state index is 0.101. The molecule has 0 spiro atoms. The number of nitrogens with zero attached hydrogens (tertiary/aromatic N) is 1. The molecule has 0 unspecified atom stereocenters. The number of fused-ring (bicyclic) bond motifs is 1. The van der Waals surface area contributed by atoms with E-state index in [-0.39, 0.29) is 5.57 Å². The van der Waals surface area contributed by atoms with E-state index in [9.17, 15) is 10.1 Å². The summed E-state index contributed by atoms with van der Waals surface area (Å²) < 4.78 is 5.89. The van der Waals surface area contributed by atoms with Crippen LogP contribution in [0.1, 0.15) is 19.4 Å². The summed E-state index contributed by atoms with van der Waals surface area (Å²) in [4.78, 5) is 11.7. The molecule has 0 saturated heterocycles. The van der Waals surface area contributed by atoms with Gasteiger partial charge in [-0.3, -0.25) is 4.79 Å². The van der Waals surface area contributed by atoms with Crippen molar-refractivity contribution >= 4 is 11.5 Å². The number of hydrogen-bond acceptors (Lipinski definition) is 3. The first-order valence-electron chi connectivity index (χ1n) is 6.75. The molecule has 1 aromatic rings. The van der Waals surface area contributed by atoms with Gasteiger partial charge in [0.05, 0.1) is 0 Å². The molecule has 1 amide bonds. The minimum Gasteiger partial charge on any atom is -0.456 e. The van der Waals surface area contributed by atoms with Gasteiger partial charge in [-0.1, -0.05) is 30.9 Å². The molecule has 0 aliphatic carbocycles. The molecule has 110 valence electrons. The molecule has 1 heterocycles. The van der Waals surface area contributed by atoms with Crippen molar-refractivity contribution in [3.63, 3.8) is 0 Å². The van der Waals surface area contributed by atoms with Gasteiger partial charge in [0.25, 0.3) is 5.91 Å². The fourth-order valence-electron chi connectivity index (χ4n) is 2.38. The summed E-state index contributed by atoms with van der Waals surface area (Å²) >= 11 is 0. The first-order chi connectivity index (χ1) is 10.5. The summed E-state index contributed by atoms with van der Waals surface area (Å²) in [6.45, 7) is 7.60. The van der Waals surface area contributed by atoms with Crippen LogP contribution in [0.15, 0.2) is 65.5 Å². The Labute approximate surface area is 129 Å². The van der Waals surface area contributed by atoms with Gasteiger partial charge in [0.2, 0.25) is 0 Å². The van der Waals surface area contributed by atoms with E-state index >= 15 is 0 Å². The third kappa shape index (κ3) is 2.57. The zero-order chi connectivity index (χ0) is 16.3. The number of allylic oxidation sites excluding steroid dienone is 5. The van der Waals surface area contributed by atoms with E-state index < -0.39 is 5.91 Å². The van der Waals surface area contributed by atoms with Crippen LogP contribution in [0.25, 0.3) is 5.57 Å². The molecule has 0 aromatic heterocycles. The topological polar surface area (TPSA) is 76.1 Å². The van der Waals surface area contributed by atoms with Crippen molar-refractivity contribution in [2.24, 2.45) is 5.73 Å². The summed E-state index contributed by atoms with van der Waals surface area (Å²) in [6, 6.07) is 9.12. The second kappa shape index (κ2) is 6.15. The summed E-state index contributed by atoms with van der Waals surface area (Å²) in [6.07, 6.45) is 3.59. The summed E-state index contributed by atoms with van der Waals surface area (Å²) in [5, 5.41) is 9.37. The van der Waals surface area contributed by atoms with E-state index in [0.29, 0.717) is 33.8 Å². The van der Waals surface area contributed by atoms with Gasteiger partial charge in [0.15, 0.2) is 0 Å². The van der Waals surface area contributed by atoms with Crippen LogP contribution in [-0.2, 0) is 4.79 Å². The number of nitriles is 1. The molecule has 0 bridgehead atoms. The Bertz CT molecular complexity index is 790. The van der Waals surface area contributed by atoms with Crippen LogP contribution in [-0.4, -0.2) is 5.91 Å². The second-order valence-corrected chi connectivity index (χ2v) is 4.84. The number of carbonyl (C=O) groups excluding carboxylic acids is 1. The van der Waals surface area contributed by atoms with Gasteiger partial charge in [-0.15, -0.1) is 0 Å². The van der Waals surface area contributed by atoms with Gasteiger partial charge in [0, 0.05) is 16.7 Å². The zero-order valence-corrected chi connectivity index (χ0v) is 12.5. The SMILES string of the molecule is C=C(C)C1=C(/C=C\C)Oc2ccccc2/C1=C(\C#N)C(N)=O. The highest BCUT2D eigenvalue weighted by molar-refractivity contribution is 6.09. The highest BCUT2D eigenvalue weighted by atomic mass is 16.5. The van der Waals surface area contributed by atoms with Crippen LogP contribution >= 0.6 is 0 Å². The summed E-state index contributed by atoms with van der Waals surface area (Å²) in [5.41, 5.74) is 7.72. The lowest BCUT2D eigenvalue weighted by Crippen LogP contribution is -2.18. The normalized spacial score (nSPS) is 15.9. The second-order valence-electron chi connectivity index (χ2n) is 4.84. The maximum atomic E-state index is 11.7. The van der Waals surface area contributed by atoms with Crippen molar-refractivity contribution in [2.75, 3.05) is 0 Å². The molecule has 4 nitrogen and oxygen atoms in total. The number of nitrogens with two attached hydrogens (primary N) is 1.